The van der Waals surface area contributed by atoms with Crippen molar-refractivity contribution in [1.29, 1.82) is 0 Å². The molecule has 17 heavy (non-hydrogen) atoms. The summed E-state index contributed by atoms with van der Waals surface area (Å²) in [6, 6.07) is 4.46. The SMILES string of the molecule is CCC1COC(C)CN1c1cc(CCl)ccn1. The molecule has 3 nitrogen and oxygen atoms in total. The Hall–Kier alpha value is -0.800. The van der Waals surface area contributed by atoms with Crippen LogP contribution in [-0.2, 0) is 10.6 Å². The molecule has 0 N–H and O–H groups in total. The van der Waals surface area contributed by atoms with Crippen LogP contribution in [-0.4, -0.2) is 30.3 Å². The van der Waals surface area contributed by atoms with Crippen molar-refractivity contribution in [2.45, 2.75) is 38.3 Å². The molecule has 94 valence electrons. The standard InChI is InChI=1S/C13H19ClN2O/c1-3-12-9-17-10(2)8-16(12)13-6-11(7-14)4-5-15-13/h4-6,10,12H,3,7-9H2,1-2H3. The van der Waals surface area contributed by atoms with E-state index in [2.05, 4.69) is 29.8 Å². The molecule has 0 aromatic carbocycles. The summed E-state index contributed by atoms with van der Waals surface area (Å²) in [5.41, 5.74) is 1.12. The second kappa shape index (κ2) is 5.69. The number of ether oxygens (including phenoxy) is 1. The molecule has 2 unspecified atom stereocenters. The van der Waals surface area contributed by atoms with Gasteiger partial charge >= 0.3 is 0 Å². The van der Waals surface area contributed by atoms with Gasteiger partial charge in [0.1, 0.15) is 5.82 Å². The average Bonchev–Trinajstić information content (AvgIpc) is 2.39. The van der Waals surface area contributed by atoms with E-state index in [9.17, 15) is 0 Å². The Kier molecular flexibility index (Phi) is 4.24. The van der Waals surface area contributed by atoms with Gasteiger partial charge in [-0.15, -0.1) is 11.6 Å². The summed E-state index contributed by atoms with van der Waals surface area (Å²) in [6.45, 7) is 5.97. The first-order valence-electron chi connectivity index (χ1n) is 6.13. The van der Waals surface area contributed by atoms with Crippen LogP contribution in [0, 0.1) is 0 Å². The van der Waals surface area contributed by atoms with Crippen LogP contribution in [0.25, 0.3) is 0 Å². The maximum absolute atomic E-state index is 5.87. The Balaban J connectivity index is 2.22. The maximum Gasteiger partial charge on any atom is 0.129 e. The monoisotopic (exact) mass is 254 g/mol. The predicted octanol–water partition coefficient (Wildman–Crippen LogP) is 2.82. The van der Waals surface area contributed by atoms with Crippen LogP contribution in [0.4, 0.5) is 5.82 Å². The number of pyridine rings is 1. The number of aromatic nitrogens is 1. The molecule has 0 aliphatic carbocycles. The van der Waals surface area contributed by atoms with Gasteiger partial charge in [-0.3, -0.25) is 0 Å². The molecule has 1 aliphatic rings. The highest BCUT2D eigenvalue weighted by atomic mass is 35.5. The van der Waals surface area contributed by atoms with E-state index in [-0.39, 0.29) is 6.10 Å². The van der Waals surface area contributed by atoms with Crippen molar-refractivity contribution in [2.24, 2.45) is 0 Å². The summed E-state index contributed by atoms with van der Waals surface area (Å²) in [5.74, 6) is 1.55. The third-order valence-corrected chi connectivity index (χ3v) is 3.51. The van der Waals surface area contributed by atoms with E-state index in [1.807, 2.05) is 12.3 Å². The van der Waals surface area contributed by atoms with E-state index in [1.165, 1.54) is 0 Å². The molecule has 1 aromatic heterocycles. The first-order valence-corrected chi connectivity index (χ1v) is 6.67. The number of rotatable bonds is 3. The van der Waals surface area contributed by atoms with E-state index >= 15 is 0 Å². The van der Waals surface area contributed by atoms with Gasteiger partial charge in [0.2, 0.25) is 0 Å². The highest BCUT2D eigenvalue weighted by Gasteiger charge is 2.26. The predicted molar refractivity (Wildman–Crippen MR) is 70.6 cm³/mol. The molecular weight excluding hydrogens is 236 g/mol. The molecule has 1 aromatic rings. The number of alkyl halides is 1. The zero-order valence-electron chi connectivity index (χ0n) is 10.4. The molecular formula is C13H19ClN2O. The van der Waals surface area contributed by atoms with Gasteiger partial charge in [-0.05, 0) is 31.0 Å². The largest absolute Gasteiger partial charge is 0.375 e. The molecule has 1 fully saturated rings. The minimum Gasteiger partial charge on any atom is -0.375 e. The lowest BCUT2D eigenvalue weighted by Gasteiger charge is -2.39. The normalized spacial score (nSPS) is 25.0. The first-order chi connectivity index (χ1) is 8.24. The topological polar surface area (TPSA) is 25.4 Å². The maximum atomic E-state index is 5.87. The van der Waals surface area contributed by atoms with Gasteiger partial charge in [-0.1, -0.05) is 6.92 Å². The van der Waals surface area contributed by atoms with E-state index < -0.39 is 0 Å². The van der Waals surface area contributed by atoms with Crippen LogP contribution in [0.1, 0.15) is 25.8 Å². The van der Waals surface area contributed by atoms with Crippen molar-refractivity contribution in [1.82, 2.24) is 4.98 Å². The molecule has 1 aliphatic heterocycles. The van der Waals surface area contributed by atoms with E-state index in [4.69, 9.17) is 16.3 Å². The molecule has 1 saturated heterocycles. The fourth-order valence-electron chi connectivity index (χ4n) is 2.16. The quantitative estimate of drug-likeness (QED) is 0.776. The molecule has 0 spiro atoms. The van der Waals surface area contributed by atoms with Crippen molar-refractivity contribution < 1.29 is 4.74 Å². The Morgan fingerprint density at radius 3 is 3.12 bits per heavy atom. The number of nitrogens with zero attached hydrogens (tertiary/aromatic N) is 2. The molecule has 4 heteroatoms. The Labute approximate surface area is 108 Å². The highest BCUT2D eigenvalue weighted by molar-refractivity contribution is 6.17. The second-order valence-corrected chi connectivity index (χ2v) is 4.78. The zero-order valence-corrected chi connectivity index (χ0v) is 11.2. The smallest absolute Gasteiger partial charge is 0.129 e. The van der Waals surface area contributed by atoms with Gasteiger partial charge < -0.3 is 9.64 Å². The zero-order chi connectivity index (χ0) is 12.3. The molecule has 0 saturated carbocycles. The van der Waals surface area contributed by atoms with Crippen molar-refractivity contribution >= 4 is 17.4 Å². The van der Waals surface area contributed by atoms with Gasteiger partial charge in [0.25, 0.3) is 0 Å². The van der Waals surface area contributed by atoms with Crippen LogP contribution in [0.2, 0.25) is 0 Å². The Bertz CT molecular complexity index is 372. The summed E-state index contributed by atoms with van der Waals surface area (Å²) in [6.07, 6.45) is 3.17. The number of halogens is 1. The fourth-order valence-corrected chi connectivity index (χ4v) is 2.33. The molecule has 2 atom stereocenters. The van der Waals surface area contributed by atoms with Gasteiger partial charge in [0.15, 0.2) is 0 Å². The molecule has 0 radical (unpaired) electrons. The van der Waals surface area contributed by atoms with Crippen molar-refractivity contribution in [3.8, 4) is 0 Å². The lowest BCUT2D eigenvalue weighted by molar-refractivity contribution is 0.0296. The number of hydrogen-bond donors (Lipinski definition) is 0. The van der Waals surface area contributed by atoms with Crippen LogP contribution in [0.3, 0.4) is 0 Å². The summed E-state index contributed by atoms with van der Waals surface area (Å²) >= 11 is 5.87. The molecule has 0 bridgehead atoms. The van der Waals surface area contributed by atoms with Gasteiger partial charge in [0.05, 0.1) is 18.8 Å². The Morgan fingerprint density at radius 1 is 1.59 bits per heavy atom. The van der Waals surface area contributed by atoms with Crippen LogP contribution in [0.15, 0.2) is 18.3 Å². The van der Waals surface area contributed by atoms with Gasteiger partial charge in [-0.2, -0.15) is 0 Å². The third-order valence-electron chi connectivity index (χ3n) is 3.20. The minimum atomic E-state index is 0.263. The Morgan fingerprint density at radius 2 is 2.41 bits per heavy atom. The summed E-state index contributed by atoms with van der Waals surface area (Å²) < 4.78 is 5.69. The summed E-state index contributed by atoms with van der Waals surface area (Å²) in [5, 5.41) is 0. The third kappa shape index (κ3) is 2.90. The molecule has 2 heterocycles. The highest BCUT2D eigenvalue weighted by Crippen LogP contribution is 2.22. The summed E-state index contributed by atoms with van der Waals surface area (Å²) in [4.78, 5) is 6.79. The van der Waals surface area contributed by atoms with Crippen molar-refractivity contribution in [3.05, 3.63) is 23.9 Å². The first kappa shape index (κ1) is 12.7. The van der Waals surface area contributed by atoms with Crippen LogP contribution < -0.4 is 4.90 Å². The van der Waals surface area contributed by atoms with Crippen molar-refractivity contribution in [3.63, 3.8) is 0 Å². The minimum absolute atomic E-state index is 0.263. The van der Waals surface area contributed by atoms with E-state index in [0.717, 1.165) is 31.0 Å². The molecule has 0 amide bonds. The number of morpholine rings is 1. The second-order valence-electron chi connectivity index (χ2n) is 4.51. The number of hydrogen-bond acceptors (Lipinski definition) is 3. The van der Waals surface area contributed by atoms with Crippen LogP contribution >= 0.6 is 11.6 Å². The van der Waals surface area contributed by atoms with E-state index in [0.29, 0.717) is 11.9 Å². The lowest BCUT2D eigenvalue weighted by atomic mass is 10.1. The van der Waals surface area contributed by atoms with E-state index in [1.54, 1.807) is 0 Å². The fraction of sp³-hybridized carbons (Fsp3) is 0.615. The lowest BCUT2D eigenvalue weighted by Crippen LogP contribution is -2.49. The van der Waals surface area contributed by atoms with Gasteiger partial charge in [-0.25, -0.2) is 4.98 Å². The van der Waals surface area contributed by atoms with Gasteiger partial charge in [0, 0.05) is 18.6 Å². The number of anilines is 1. The van der Waals surface area contributed by atoms with Crippen molar-refractivity contribution in [2.75, 3.05) is 18.1 Å². The summed E-state index contributed by atoms with van der Waals surface area (Å²) in [7, 11) is 0. The molecule has 2 rings (SSSR count). The average molecular weight is 255 g/mol. The van der Waals surface area contributed by atoms with Crippen LogP contribution in [0.5, 0.6) is 0 Å².